The number of carboxylic acid groups (broad SMARTS) is 1. The van der Waals surface area contributed by atoms with Gasteiger partial charge in [-0.15, -0.1) is 0 Å². The molecule has 0 aliphatic carbocycles. The van der Waals surface area contributed by atoms with Gasteiger partial charge in [0, 0.05) is 27.4 Å². The van der Waals surface area contributed by atoms with Crippen LogP contribution in [0.1, 0.15) is 37.8 Å². The molecule has 0 unspecified atom stereocenters. The molecule has 10 heteroatoms. The molecular weight excluding hydrogens is 616 g/mol. The monoisotopic (exact) mass is 656 g/mol. The van der Waals surface area contributed by atoms with Gasteiger partial charge in [0.05, 0.1) is 13.5 Å². The van der Waals surface area contributed by atoms with Crippen LogP contribution in [-0.2, 0) is 51.0 Å². The van der Waals surface area contributed by atoms with Crippen molar-refractivity contribution in [2.75, 3.05) is 14.2 Å². The van der Waals surface area contributed by atoms with Crippen molar-refractivity contribution >= 4 is 29.7 Å². The van der Waals surface area contributed by atoms with Crippen LogP contribution in [-0.4, -0.2) is 59.9 Å². The summed E-state index contributed by atoms with van der Waals surface area (Å²) in [6, 6.07) is 35.5. The quantitative estimate of drug-likeness (QED) is 0.175. The van der Waals surface area contributed by atoms with Crippen molar-refractivity contribution in [3.05, 3.63) is 120 Å². The van der Waals surface area contributed by atoms with E-state index in [1.807, 2.05) is 109 Å². The van der Waals surface area contributed by atoms with Gasteiger partial charge in [0.25, 0.3) is 5.79 Å². The van der Waals surface area contributed by atoms with E-state index in [0.29, 0.717) is 0 Å². The fourth-order valence-corrected chi connectivity index (χ4v) is 4.35. The Hall–Kier alpha value is -5.61. The molecule has 0 bridgehead atoms. The molecular formula is C38H40O10. The number of ether oxygens (including phenoxy) is 3. The summed E-state index contributed by atoms with van der Waals surface area (Å²) in [7, 11) is 2.28. The molecule has 1 aliphatic rings. The number of ketones is 1. The third kappa shape index (κ3) is 14.2. The van der Waals surface area contributed by atoms with E-state index in [0.717, 1.165) is 40.5 Å². The second-order valence-electron chi connectivity index (χ2n) is 10.7. The zero-order chi connectivity index (χ0) is 35.5. The van der Waals surface area contributed by atoms with Crippen LogP contribution in [0.25, 0.3) is 22.3 Å². The largest absolute Gasteiger partial charge is 0.481 e. The van der Waals surface area contributed by atoms with E-state index in [1.54, 1.807) is 0 Å². The van der Waals surface area contributed by atoms with Crippen LogP contribution in [0.3, 0.4) is 0 Å². The van der Waals surface area contributed by atoms with Crippen LogP contribution in [0.2, 0.25) is 0 Å². The lowest BCUT2D eigenvalue weighted by Crippen LogP contribution is -2.39. The van der Waals surface area contributed by atoms with Gasteiger partial charge in [-0.05, 0) is 33.4 Å². The molecule has 0 spiro atoms. The maximum absolute atomic E-state index is 11.6. The van der Waals surface area contributed by atoms with Gasteiger partial charge in [-0.25, -0.2) is 0 Å². The maximum atomic E-state index is 11.6. The lowest BCUT2D eigenvalue weighted by Gasteiger charge is -2.28. The molecule has 1 aliphatic heterocycles. The second-order valence-corrected chi connectivity index (χ2v) is 10.7. The minimum Gasteiger partial charge on any atom is -0.481 e. The predicted octanol–water partition coefficient (Wildman–Crippen LogP) is 5.83. The first-order valence-corrected chi connectivity index (χ1v) is 14.9. The zero-order valence-electron chi connectivity index (χ0n) is 27.4. The molecule has 0 saturated carbocycles. The fourth-order valence-electron chi connectivity index (χ4n) is 4.35. The molecule has 0 amide bonds. The number of hydrogen-bond acceptors (Lipinski definition) is 9. The third-order valence-electron chi connectivity index (χ3n) is 6.46. The summed E-state index contributed by atoms with van der Waals surface area (Å²) in [5.74, 6) is -3.55. The van der Waals surface area contributed by atoms with Gasteiger partial charge in [-0.3, -0.25) is 24.0 Å². The van der Waals surface area contributed by atoms with E-state index in [2.05, 4.69) is 14.2 Å². The molecule has 5 rings (SSSR count). The standard InChI is InChI=1S/C17H16O3.C14H12O2.C6H8O4.CH4O/c1-20-17(19)12-16(18)11-13-7-9-15(10-8-13)14-5-3-2-4-6-14;15-14(16)10-11-6-8-13(9-7-11)12-4-2-1-3-5-12;1-6(2)9-4(7)3-5(8)10-6;1-2/h2-10H,11-12H2,1H3;1-9H,10H2,(H,15,16);3H2,1-2H3;2H,1H3. The molecule has 1 heterocycles. The highest BCUT2D eigenvalue weighted by Crippen LogP contribution is 2.21. The van der Waals surface area contributed by atoms with Crippen molar-refractivity contribution in [3.63, 3.8) is 0 Å². The highest BCUT2D eigenvalue weighted by atomic mass is 16.7. The summed E-state index contributed by atoms with van der Waals surface area (Å²) in [6.45, 7) is 3.03. The number of carboxylic acids is 1. The van der Waals surface area contributed by atoms with E-state index in [4.69, 9.17) is 10.2 Å². The van der Waals surface area contributed by atoms with Crippen LogP contribution < -0.4 is 0 Å². The second kappa shape index (κ2) is 19.8. The Morgan fingerprint density at radius 1 is 0.646 bits per heavy atom. The molecule has 10 nitrogen and oxygen atoms in total. The van der Waals surface area contributed by atoms with Crippen molar-refractivity contribution in [3.8, 4) is 22.3 Å². The number of hydrogen-bond donors (Lipinski definition) is 2. The molecule has 0 radical (unpaired) electrons. The van der Waals surface area contributed by atoms with E-state index in [9.17, 15) is 24.0 Å². The van der Waals surface area contributed by atoms with E-state index >= 15 is 0 Å². The summed E-state index contributed by atoms with van der Waals surface area (Å²) in [5.41, 5.74) is 6.22. The summed E-state index contributed by atoms with van der Waals surface area (Å²) in [5, 5.41) is 15.7. The SMILES string of the molecule is CC1(C)OC(=O)CC(=O)O1.CO.COC(=O)CC(=O)Cc1ccc(-c2ccccc2)cc1.O=C(O)Cc1ccc(-c2ccccc2)cc1. The van der Waals surface area contributed by atoms with Gasteiger partial charge in [0.15, 0.2) is 0 Å². The van der Waals surface area contributed by atoms with Gasteiger partial charge >= 0.3 is 23.9 Å². The molecule has 0 atom stereocenters. The van der Waals surface area contributed by atoms with Crippen LogP contribution in [0, 0.1) is 0 Å². The summed E-state index contributed by atoms with van der Waals surface area (Å²) >= 11 is 0. The minimum atomic E-state index is -1.08. The number of methoxy groups -OCH3 is 1. The Bertz CT molecular complexity index is 1590. The molecule has 4 aromatic carbocycles. The lowest BCUT2D eigenvalue weighted by molar-refractivity contribution is -0.231. The maximum Gasteiger partial charge on any atom is 0.320 e. The van der Waals surface area contributed by atoms with Crippen molar-refractivity contribution in [2.24, 2.45) is 0 Å². The highest BCUT2D eigenvalue weighted by Gasteiger charge is 2.34. The molecule has 1 saturated heterocycles. The number of cyclic esters (lactones) is 2. The topological polar surface area (TPSA) is 154 Å². The lowest BCUT2D eigenvalue weighted by atomic mass is 10.0. The minimum absolute atomic E-state index is 0.0784. The van der Waals surface area contributed by atoms with Crippen molar-refractivity contribution in [2.45, 2.75) is 45.3 Å². The number of aliphatic hydroxyl groups is 1. The van der Waals surface area contributed by atoms with Crippen LogP contribution in [0.4, 0.5) is 0 Å². The number of carbonyl (C=O) groups excluding carboxylic acids is 4. The van der Waals surface area contributed by atoms with Crippen LogP contribution >= 0.6 is 0 Å². The molecule has 1 fully saturated rings. The molecule has 48 heavy (non-hydrogen) atoms. The average Bonchev–Trinajstić information content (AvgIpc) is 3.06. The molecule has 2 N–H and O–H groups in total. The van der Waals surface area contributed by atoms with Crippen molar-refractivity contribution < 1.29 is 48.4 Å². The first-order chi connectivity index (χ1) is 22.9. The molecule has 4 aromatic rings. The zero-order valence-corrected chi connectivity index (χ0v) is 27.4. The first-order valence-electron chi connectivity index (χ1n) is 14.9. The number of rotatable bonds is 8. The Kier molecular flexibility index (Phi) is 15.9. The number of carbonyl (C=O) groups is 5. The predicted molar refractivity (Wildman–Crippen MR) is 179 cm³/mol. The van der Waals surface area contributed by atoms with E-state index < -0.39 is 29.7 Å². The van der Waals surface area contributed by atoms with Gasteiger partial charge in [-0.2, -0.15) is 0 Å². The summed E-state index contributed by atoms with van der Waals surface area (Å²) in [6.07, 6.45) is -0.112. The van der Waals surface area contributed by atoms with Gasteiger partial charge < -0.3 is 24.4 Å². The molecule has 252 valence electrons. The van der Waals surface area contributed by atoms with E-state index in [1.165, 1.54) is 21.0 Å². The van der Waals surface area contributed by atoms with Crippen molar-refractivity contribution in [1.82, 2.24) is 0 Å². The van der Waals surface area contributed by atoms with Gasteiger partial charge in [0.2, 0.25) is 0 Å². The Morgan fingerprint density at radius 3 is 1.38 bits per heavy atom. The Labute approximate surface area is 279 Å². The normalized spacial score (nSPS) is 12.5. The summed E-state index contributed by atoms with van der Waals surface area (Å²) < 4.78 is 13.8. The van der Waals surface area contributed by atoms with Gasteiger partial charge in [0.1, 0.15) is 18.6 Å². The first kappa shape index (κ1) is 38.6. The van der Waals surface area contributed by atoms with Gasteiger partial charge in [-0.1, -0.05) is 109 Å². The van der Waals surface area contributed by atoms with E-state index in [-0.39, 0.29) is 31.5 Å². The number of aliphatic hydroxyl groups excluding tert-OH is 1. The number of benzene rings is 4. The summed E-state index contributed by atoms with van der Waals surface area (Å²) in [4.78, 5) is 54.3. The smallest absolute Gasteiger partial charge is 0.320 e. The average molecular weight is 657 g/mol. The number of aliphatic carboxylic acids is 1. The Morgan fingerprint density at radius 2 is 1.02 bits per heavy atom. The van der Waals surface area contributed by atoms with Crippen LogP contribution in [0.5, 0.6) is 0 Å². The fraction of sp³-hybridized carbons (Fsp3) is 0.237. The number of esters is 3. The molecule has 0 aromatic heterocycles. The highest BCUT2D eigenvalue weighted by molar-refractivity contribution is 5.96. The van der Waals surface area contributed by atoms with Crippen molar-refractivity contribution in [1.29, 1.82) is 0 Å². The van der Waals surface area contributed by atoms with Crippen LogP contribution in [0.15, 0.2) is 109 Å². The third-order valence-corrected chi connectivity index (χ3v) is 6.46. The number of Topliss-reactive ketones (excluding diaryl/α,β-unsaturated/α-hetero) is 1. The Balaban J connectivity index is 0.000000256.